The summed E-state index contributed by atoms with van der Waals surface area (Å²) in [6.07, 6.45) is 0.882. The Morgan fingerprint density at radius 3 is 2.55 bits per heavy atom. The van der Waals surface area contributed by atoms with Gasteiger partial charge in [0.05, 0.1) is 7.11 Å². The average molecular weight is 411 g/mol. The number of nitrogens with one attached hydrogen (secondary N) is 1. The minimum atomic E-state index is 0. The second-order valence-corrected chi connectivity index (χ2v) is 4.86. The van der Waals surface area contributed by atoms with Gasteiger partial charge in [0.15, 0.2) is 5.96 Å². The SMILES string of the molecule is COc1ccc(NC(N)=NCCc2cccc(C)c2)cc1.I. The van der Waals surface area contributed by atoms with Gasteiger partial charge < -0.3 is 15.8 Å². The minimum absolute atomic E-state index is 0. The van der Waals surface area contributed by atoms with E-state index in [0.717, 1.165) is 17.9 Å². The highest BCUT2D eigenvalue weighted by Gasteiger charge is 1.97. The highest BCUT2D eigenvalue weighted by molar-refractivity contribution is 14.0. The Balaban J connectivity index is 0.00000242. The van der Waals surface area contributed by atoms with Crippen LogP contribution in [-0.4, -0.2) is 19.6 Å². The molecule has 0 radical (unpaired) electrons. The molecule has 0 aliphatic heterocycles. The topological polar surface area (TPSA) is 59.6 Å². The number of hydrogen-bond acceptors (Lipinski definition) is 2. The van der Waals surface area contributed by atoms with E-state index in [9.17, 15) is 0 Å². The molecule has 0 spiro atoms. The first kappa shape index (κ1) is 18.3. The standard InChI is InChI=1S/C17H21N3O.HI/c1-13-4-3-5-14(12-13)10-11-19-17(18)20-15-6-8-16(21-2)9-7-15;/h3-9,12H,10-11H2,1-2H3,(H3,18,19,20);1H. The van der Waals surface area contributed by atoms with E-state index >= 15 is 0 Å². The summed E-state index contributed by atoms with van der Waals surface area (Å²) >= 11 is 0. The molecule has 2 aromatic carbocycles. The van der Waals surface area contributed by atoms with Crippen molar-refractivity contribution in [2.75, 3.05) is 19.0 Å². The number of hydrogen-bond donors (Lipinski definition) is 2. The predicted octanol–water partition coefficient (Wildman–Crippen LogP) is 3.59. The number of halogens is 1. The van der Waals surface area contributed by atoms with Crippen LogP contribution in [0.1, 0.15) is 11.1 Å². The lowest BCUT2D eigenvalue weighted by molar-refractivity contribution is 0.415. The summed E-state index contributed by atoms with van der Waals surface area (Å²) in [4.78, 5) is 4.34. The molecule has 3 N–H and O–H groups in total. The van der Waals surface area contributed by atoms with Crippen LogP contribution in [0.25, 0.3) is 0 Å². The number of anilines is 1. The van der Waals surface area contributed by atoms with Gasteiger partial charge in [-0.25, -0.2) is 0 Å². The minimum Gasteiger partial charge on any atom is -0.497 e. The Kier molecular flexibility index (Phi) is 7.73. The number of benzene rings is 2. The van der Waals surface area contributed by atoms with Crippen molar-refractivity contribution in [1.29, 1.82) is 0 Å². The highest BCUT2D eigenvalue weighted by Crippen LogP contribution is 2.14. The predicted molar refractivity (Wildman–Crippen MR) is 103 cm³/mol. The van der Waals surface area contributed by atoms with Crippen molar-refractivity contribution in [1.82, 2.24) is 0 Å². The third-order valence-electron chi connectivity index (χ3n) is 3.13. The van der Waals surface area contributed by atoms with Crippen molar-refractivity contribution in [2.45, 2.75) is 13.3 Å². The van der Waals surface area contributed by atoms with Gasteiger partial charge in [0, 0.05) is 12.2 Å². The van der Waals surface area contributed by atoms with Gasteiger partial charge in [-0.05, 0) is 43.2 Å². The first-order valence-corrected chi connectivity index (χ1v) is 6.94. The van der Waals surface area contributed by atoms with E-state index in [-0.39, 0.29) is 24.0 Å². The van der Waals surface area contributed by atoms with E-state index in [1.807, 2.05) is 24.3 Å². The van der Waals surface area contributed by atoms with Crippen LogP contribution in [0.2, 0.25) is 0 Å². The molecule has 0 aliphatic carbocycles. The zero-order valence-electron chi connectivity index (χ0n) is 12.9. The molecule has 2 rings (SSSR count). The van der Waals surface area contributed by atoms with E-state index in [0.29, 0.717) is 12.5 Å². The molecule has 5 heteroatoms. The van der Waals surface area contributed by atoms with E-state index in [4.69, 9.17) is 10.5 Å². The number of methoxy groups -OCH3 is 1. The molecule has 0 atom stereocenters. The maximum Gasteiger partial charge on any atom is 0.193 e. The lowest BCUT2D eigenvalue weighted by Gasteiger charge is -2.07. The van der Waals surface area contributed by atoms with Crippen LogP contribution in [-0.2, 0) is 6.42 Å². The lowest BCUT2D eigenvalue weighted by Crippen LogP contribution is -2.23. The summed E-state index contributed by atoms with van der Waals surface area (Å²) < 4.78 is 5.11. The first-order chi connectivity index (χ1) is 10.2. The van der Waals surface area contributed by atoms with Gasteiger partial charge in [-0.15, -0.1) is 24.0 Å². The smallest absolute Gasteiger partial charge is 0.193 e. The molecule has 0 saturated heterocycles. The van der Waals surface area contributed by atoms with E-state index in [2.05, 4.69) is 41.5 Å². The second kappa shape index (κ2) is 9.30. The molecule has 0 amide bonds. The first-order valence-electron chi connectivity index (χ1n) is 6.94. The van der Waals surface area contributed by atoms with Crippen LogP contribution >= 0.6 is 24.0 Å². The van der Waals surface area contributed by atoms with Gasteiger partial charge in [-0.3, -0.25) is 4.99 Å². The number of nitrogens with zero attached hydrogens (tertiary/aromatic N) is 1. The Bertz CT molecular complexity index is 612. The molecule has 0 unspecified atom stereocenters. The van der Waals surface area contributed by atoms with Crippen molar-refractivity contribution >= 4 is 35.6 Å². The fraction of sp³-hybridized carbons (Fsp3) is 0.235. The summed E-state index contributed by atoms with van der Waals surface area (Å²) in [5.74, 6) is 1.24. The monoisotopic (exact) mass is 411 g/mol. The zero-order chi connectivity index (χ0) is 15.1. The van der Waals surface area contributed by atoms with Gasteiger partial charge in [0.25, 0.3) is 0 Å². The third kappa shape index (κ3) is 5.93. The molecule has 118 valence electrons. The number of aliphatic imine (C=N–C) groups is 1. The zero-order valence-corrected chi connectivity index (χ0v) is 15.2. The van der Waals surface area contributed by atoms with Gasteiger partial charge in [-0.1, -0.05) is 29.8 Å². The maximum atomic E-state index is 5.88. The van der Waals surface area contributed by atoms with Crippen LogP contribution < -0.4 is 15.8 Å². The van der Waals surface area contributed by atoms with Crippen molar-refractivity contribution in [3.8, 4) is 5.75 Å². The number of ether oxygens (including phenoxy) is 1. The van der Waals surface area contributed by atoms with Gasteiger partial charge >= 0.3 is 0 Å². The summed E-state index contributed by atoms with van der Waals surface area (Å²) in [6, 6.07) is 16.0. The van der Waals surface area contributed by atoms with Crippen molar-refractivity contribution in [3.05, 3.63) is 59.7 Å². The van der Waals surface area contributed by atoms with Crippen LogP contribution in [0.5, 0.6) is 5.75 Å². The van der Waals surface area contributed by atoms with E-state index in [1.165, 1.54) is 11.1 Å². The van der Waals surface area contributed by atoms with Crippen molar-refractivity contribution in [2.24, 2.45) is 10.7 Å². The van der Waals surface area contributed by atoms with Crippen molar-refractivity contribution < 1.29 is 4.74 Å². The number of aryl methyl sites for hydroxylation is 1. The van der Waals surface area contributed by atoms with Gasteiger partial charge in [0.2, 0.25) is 0 Å². The van der Waals surface area contributed by atoms with E-state index < -0.39 is 0 Å². The Morgan fingerprint density at radius 2 is 1.91 bits per heavy atom. The molecule has 22 heavy (non-hydrogen) atoms. The summed E-state index contributed by atoms with van der Waals surface area (Å²) in [7, 11) is 1.64. The van der Waals surface area contributed by atoms with Crippen LogP contribution in [0.3, 0.4) is 0 Å². The quantitative estimate of drug-likeness (QED) is 0.449. The molecule has 2 aromatic rings. The van der Waals surface area contributed by atoms with Crippen molar-refractivity contribution in [3.63, 3.8) is 0 Å². The molecular weight excluding hydrogens is 389 g/mol. The van der Waals surface area contributed by atoms with Crippen LogP contribution in [0.4, 0.5) is 5.69 Å². The van der Waals surface area contributed by atoms with Gasteiger partial charge in [0.1, 0.15) is 5.75 Å². The number of nitrogens with two attached hydrogens (primary N) is 1. The van der Waals surface area contributed by atoms with Crippen LogP contribution in [0.15, 0.2) is 53.5 Å². The molecule has 0 heterocycles. The Morgan fingerprint density at radius 1 is 1.18 bits per heavy atom. The number of rotatable bonds is 5. The summed E-state index contributed by atoms with van der Waals surface area (Å²) in [6.45, 7) is 2.75. The largest absolute Gasteiger partial charge is 0.497 e. The summed E-state index contributed by atoms with van der Waals surface area (Å²) in [5, 5.41) is 3.06. The maximum absolute atomic E-state index is 5.88. The Hall–Kier alpha value is -1.76. The average Bonchev–Trinajstić information content (AvgIpc) is 2.48. The molecule has 0 saturated carbocycles. The number of guanidine groups is 1. The molecular formula is C17H22IN3O. The Labute approximate surface area is 148 Å². The fourth-order valence-electron chi connectivity index (χ4n) is 2.03. The molecule has 0 bridgehead atoms. The molecule has 0 aliphatic rings. The molecule has 0 fully saturated rings. The van der Waals surface area contributed by atoms with E-state index in [1.54, 1.807) is 7.11 Å². The highest BCUT2D eigenvalue weighted by atomic mass is 127. The molecule has 4 nitrogen and oxygen atoms in total. The summed E-state index contributed by atoms with van der Waals surface area (Å²) in [5.41, 5.74) is 9.31. The normalized spacial score (nSPS) is 10.7. The third-order valence-corrected chi connectivity index (χ3v) is 3.13. The molecule has 0 aromatic heterocycles. The second-order valence-electron chi connectivity index (χ2n) is 4.86. The van der Waals surface area contributed by atoms with Gasteiger partial charge in [-0.2, -0.15) is 0 Å². The lowest BCUT2D eigenvalue weighted by atomic mass is 10.1. The fourth-order valence-corrected chi connectivity index (χ4v) is 2.03. The van der Waals surface area contributed by atoms with Crippen LogP contribution in [0, 0.1) is 6.92 Å².